The van der Waals surface area contributed by atoms with Crippen LogP contribution in [-0.4, -0.2) is 37.4 Å². The number of hydrogen-bond acceptors (Lipinski definition) is 8. The summed E-state index contributed by atoms with van der Waals surface area (Å²) in [4.78, 5) is 21.3. The molecule has 0 aliphatic carbocycles. The Morgan fingerprint density at radius 3 is 1.40 bits per heavy atom. The van der Waals surface area contributed by atoms with Crippen molar-refractivity contribution in [2.45, 2.75) is 6.92 Å². The van der Waals surface area contributed by atoms with Crippen molar-refractivity contribution < 1.29 is 28.4 Å². The van der Waals surface area contributed by atoms with E-state index in [1.165, 1.54) is 0 Å². The van der Waals surface area contributed by atoms with E-state index in [1.807, 2.05) is 97.1 Å². The molecule has 0 amide bonds. The molecule has 0 unspecified atom stereocenters. The third kappa shape index (κ3) is 11.7. The molecule has 5 rings (SSSR count). The van der Waals surface area contributed by atoms with Gasteiger partial charge in [-0.3, -0.25) is 0 Å². The van der Waals surface area contributed by atoms with Crippen LogP contribution in [0, 0.1) is 0 Å². The monoisotopic (exact) mass is 667 g/mol. The molecule has 250 valence electrons. The summed E-state index contributed by atoms with van der Waals surface area (Å²) in [7, 11) is 0. The molecule has 0 atom stereocenters. The smallest absolute Gasteiger partial charge is 0.328 e. The van der Waals surface area contributed by atoms with Crippen molar-refractivity contribution in [3.63, 3.8) is 0 Å². The predicted molar refractivity (Wildman–Crippen MR) is 195 cm³/mol. The quantitative estimate of drug-likeness (QED) is 0.0839. The highest BCUT2D eigenvalue weighted by atomic mass is 16.5. The fourth-order valence-corrected chi connectivity index (χ4v) is 3.96. The van der Waals surface area contributed by atoms with Crippen molar-refractivity contribution in [1.29, 1.82) is 0 Å². The lowest BCUT2D eigenvalue weighted by atomic mass is 10.3. The Morgan fingerprint density at radius 1 is 0.460 bits per heavy atom. The topological polar surface area (TPSA) is 117 Å². The largest absolute Gasteiger partial charge is 0.471 e. The van der Waals surface area contributed by atoms with Gasteiger partial charge in [-0.1, -0.05) is 72.8 Å². The van der Waals surface area contributed by atoms with Crippen LogP contribution in [0.5, 0.6) is 34.5 Å². The second-order valence-corrected chi connectivity index (χ2v) is 9.92. The standard InChI is InChI=1S/C39H33N5O6/c1-29(46-32-18-10-5-11-19-32)42-39(50-34-22-14-7-15-23-34)43-30(2)47-35-24-26-36(27-25-35)49-38(41-28-45-31-16-8-4-9-17-31)44-37(40-3)48-33-20-12-6-13-21-33/h4-27H,2-3,28H2,1H3. The van der Waals surface area contributed by atoms with E-state index in [9.17, 15) is 0 Å². The predicted octanol–water partition coefficient (Wildman–Crippen LogP) is 8.38. The van der Waals surface area contributed by atoms with E-state index in [0.29, 0.717) is 40.4 Å². The molecule has 11 nitrogen and oxygen atoms in total. The van der Waals surface area contributed by atoms with Crippen LogP contribution >= 0.6 is 0 Å². The molecule has 0 aliphatic heterocycles. The van der Waals surface area contributed by atoms with E-state index in [2.05, 4.69) is 38.3 Å². The summed E-state index contributed by atoms with van der Waals surface area (Å²) in [5, 5.41) is 0. The number of aliphatic imine (C=N–C) groups is 5. The van der Waals surface area contributed by atoms with E-state index >= 15 is 0 Å². The van der Waals surface area contributed by atoms with Crippen molar-refractivity contribution >= 4 is 30.7 Å². The van der Waals surface area contributed by atoms with Gasteiger partial charge in [-0.05, 0) is 86.1 Å². The van der Waals surface area contributed by atoms with E-state index in [1.54, 1.807) is 55.5 Å². The first kappa shape index (κ1) is 34.3. The van der Waals surface area contributed by atoms with Crippen LogP contribution in [0.15, 0.2) is 183 Å². The van der Waals surface area contributed by atoms with Crippen molar-refractivity contribution in [1.82, 2.24) is 0 Å². The first-order valence-corrected chi connectivity index (χ1v) is 15.3. The Balaban J connectivity index is 1.29. The molecule has 0 N–H and O–H groups in total. The number of nitrogens with zero attached hydrogens (tertiary/aromatic N) is 5. The number of amidine groups is 3. The van der Waals surface area contributed by atoms with Crippen molar-refractivity contribution in [2.24, 2.45) is 25.0 Å². The Morgan fingerprint density at radius 2 is 0.880 bits per heavy atom. The van der Waals surface area contributed by atoms with Gasteiger partial charge in [-0.15, -0.1) is 4.99 Å². The summed E-state index contributed by atoms with van der Waals surface area (Å²) in [5.41, 5.74) is 0. The molecule has 50 heavy (non-hydrogen) atoms. The molecule has 5 aromatic rings. The van der Waals surface area contributed by atoms with E-state index < -0.39 is 0 Å². The van der Waals surface area contributed by atoms with Crippen LogP contribution in [-0.2, 0) is 0 Å². The first-order chi connectivity index (χ1) is 24.5. The number of benzene rings is 5. The Bertz CT molecular complexity index is 1950. The number of rotatable bonds is 10. The molecule has 0 saturated heterocycles. The van der Waals surface area contributed by atoms with Gasteiger partial charge in [0.2, 0.25) is 5.88 Å². The van der Waals surface area contributed by atoms with Crippen LogP contribution < -0.4 is 28.4 Å². The molecule has 0 heterocycles. The summed E-state index contributed by atoms with van der Waals surface area (Å²) in [6.07, 6.45) is 0. The van der Waals surface area contributed by atoms with Gasteiger partial charge in [-0.25, -0.2) is 4.99 Å². The second-order valence-electron chi connectivity index (χ2n) is 9.92. The van der Waals surface area contributed by atoms with Gasteiger partial charge in [0, 0.05) is 6.92 Å². The minimum atomic E-state index is -0.0800. The zero-order valence-corrected chi connectivity index (χ0v) is 27.2. The second kappa shape index (κ2) is 18.4. The SMILES string of the molecule is C=NC(=NC(=NCOc1ccccc1)Oc1ccc(OC(=C)N=C(N=C(C)Oc2ccccc2)Oc2ccccc2)cc1)Oc1ccccc1. The lowest BCUT2D eigenvalue weighted by Crippen LogP contribution is -2.14. The van der Waals surface area contributed by atoms with Gasteiger partial charge in [0.05, 0.1) is 0 Å². The molecular weight excluding hydrogens is 634 g/mol. The first-order valence-electron chi connectivity index (χ1n) is 15.3. The van der Waals surface area contributed by atoms with E-state index in [0.717, 1.165) is 0 Å². The normalized spacial score (nSPS) is 12.0. The minimum absolute atomic E-state index is 0.0190. The summed E-state index contributed by atoms with van der Waals surface area (Å²) < 4.78 is 34.9. The van der Waals surface area contributed by atoms with Gasteiger partial charge in [-0.2, -0.15) is 15.0 Å². The average Bonchev–Trinajstić information content (AvgIpc) is 3.13. The van der Waals surface area contributed by atoms with E-state index in [-0.39, 0.29) is 30.7 Å². The number of para-hydroxylation sites is 4. The molecule has 0 aliphatic rings. The zero-order chi connectivity index (χ0) is 34.8. The van der Waals surface area contributed by atoms with Crippen LogP contribution in [0.2, 0.25) is 0 Å². The van der Waals surface area contributed by atoms with Crippen molar-refractivity contribution in [3.8, 4) is 34.5 Å². The molecule has 0 spiro atoms. The molecule has 5 aromatic carbocycles. The maximum Gasteiger partial charge on any atom is 0.328 e. The maximum atomic E-state index is 5.96. The fraction of sp³-hybridized carbons (Fsp3) is 0.0513. The van der Waals surface area contributed by atoms with Gasteiger partial charge in [0.15, 0.2) is 12.6 Å². The van der Waals surface area contributed by atoms with Crippen molar-refractivity contribution in [3.05, 3.63) is 158 Å². The molecule has 0 saturated carbocycles. The number of ether oxygens (including phenoxy) is 6. The Labute approximate surface area is 289 Å². The Kier molecular flexibility index (Phi) is 12.6. The molecule has 0 fully saturated rings. The third-order valence-corrected chi connectivity index (χ3v) is 6.16. The highest BCUT2D eigenvalue weighted by Gasteiger charge is 2.10. The van der Waals surface area contributed by atoms with Crippen molar-refractivity contribution in [2.75, 3.05) is 6.73 Å². The Hall–Kier alpha value is -7.01. The summed E-state index contributed by atoms with van der Waals surface area (Å²) in [5.74, 6) is 3.43. The van der Waals surface area contributed by atoms with Crippen LogP contribution in [0.25, 0.3) is 0 Å². The lowest BCUT2D eigenvalue weighted by molar-refractivity contribution is 0.327. The van der Waals surface area contributed by atoms with Gasteiger partial charge >= 0.3 is 18.1 Å². The lowest BCUT2D eigenvalue weighted by Gasteiger charge is -2.10. The zero-order valence-electron chi connectivity index (χ0n) is 27.2. The summed E-state index contributed by atoms with van der Waals surface area (Å²) >= 11 is 0. The highest BCUT2D eigenvalue weighted by molar-refractivity contribution is 5.93. The number of hydrogen-bond donors (Lipinski definition) is 0. The van der Waals surface area contributed by atoms with Crippen LogP contribution in [0.4, 0.5) is 0 Å². The van der Waals surface area contributed by atoms with Crippen LogP contribution in [0.3, 0.4) is 0 Å². The van der Waals surface area contributed by atoms with Gasteiger partial charge in [0.1, 0.15) is 34.5 Å². The van der Waals surface area contributed by atoms with Gasteiger partial charge < -0.3 is 28.4 Å². The highest BCUT2D eigenvalue weighted by Crippen LogP contribution is 2.21. The molecule has 0 bridgehead atoms. The van der Waals surface area contributed by atoms with Gasteiger partial charge in [0.25, 0.3) is 0 Å². The summed E-state index contributed by atoms with van der Waals surface area (Å²) in [6, 6.07) is 43.1. The third-order valence-electron chi connectivity index (χ3n) is 6.16. The minimum Gasteiger partial charge on any atom is -0.471 e. The average molecular weight is 668 g/mol. The molecule has 11 heteroatoms. The van der Waals surface area contributed by atoms with Crippen LogP contribution in [0.1, 0.15) is 6.92 Å². The fourth-order valence-electron chi connectivity index (χ4n) is 3.96. The maximum absolute atomic E-state index is 5.96. The molecule has 0 aromatic heterocycles. The van der Waals surface area contributed by atoms with E-state index in [4.69, 9.17) is 28.4 Å². The molecular formula is C39H33N5O6. The molecule has 0 radical (unpaired) electrons. The summed E-state index contributed by atoms with van der Waals surface area (Å²) in [6.45, 7) is 9.08.